The first-order chi connectivity index (χ1) is 15.8. The first-order valence-electron chi connectivity index (χ1n) is 11.6. The van der Waals surface area contributed by atoms with Crippen LogP contribution in [0.5, 0.6) is 5.75 Å². The van der Waals surface area contributed by atoms with Crippen molar-refractivity contribution >= 4 is 0 Å². The molecule has 0 aliphatic carbocycles. The number of aromatic hydroxyl groups is 1. The molecule has 1 saturated heterocycles. The molecule has 0 radical (unpaired) electrons. The number of phenols is 1. The fraction of sp³-hybridized carbons (Fsp3) is 0.200. The molecule has 0 bridgehead atoms. The zero-order chi connectivity index (χ0) is 21.8. The van der Waals surface area contributed by atoms with E-state index in [1.54, 1.807) is 0 Å². The molecule has 0 aromatic heterocycles. The van der Waals surface area contributed by atoms with Crippen LogP contribution in [0.15, 0.2) is 103 Å². The van der Waals surface area contributed by atoms with E-state index in [2.05, 4.69) is 83.8 Å². The quantitative estimate of drug-likeness (QED) is 0.367. The summed E-state index contributed by atoms with van der Waals surface area (Å²) in [7, 11) is 0. The number of nitrogens with zero attached hydrogens (tertiary/aromatic N) is 1. The third-order valence-corrected chi connectivity index (χ3v) is 6.50. The van der Waals surface area contributed by atoms with Crippen LogP contribution in [0.2, 0.25) is 0 Å². The first-order valence-corrected chi connectivity index (χ1v) is 11.6. The van der Waals surface area contributed by atoms with E-state index in [9.17, 15) is 5.11 Å². The smallest absolute Gasteiger partial charge is 0.128 e. The van der Waals surface area contributed by atoms with Gasteiger partial charge in [0.05, 0.1) is 6.04 Å². The maximum atomic E-state index is 11.6. The summed E-state index contributed by atoms with van der Waals surface area (Å²) in [5.74, 6) is 0.385. The summed E-state index contributed by atoms with van der Waals surface area (Å²) < 4.78 is 0. The Balaban J connectivity index is 1.73. The molecule has 1 heterocycles. The van der Waals surface area contributed by atoms with Gasteiger partial charge in [-0.2, -0.15) is 0 Å². The first kappa shape index (κ1) is 20.5. The van der Waals surface area contributed by atoms with Crippen molar-refractivity contribution in [3.63, 3.8) is 0 Å². The predicted octanol–water partition coefficient (Wildman–Crippen LogP) is 7.30. The van der Waals surface area contributed by atoms with Crippen LogP contribution in [-0.4, -0.2) is 23.1 Å². The molecule has 1 aliphatic heterocycles. The van der Waals surface area contributed by atoms with Gasteiger partial charge in [-0.05, 0) is 60.3 Å². The van der Waals surface area contributed by atoms with Crippen molar-refractivity contribution in [3.05, 3.63) is 114 Å². The molecule has 1 fully saturated rings. The second-order valence-electron chi connectivity index (χ2n) is 8.60. The summed E-state index contributed by atoms with van der Waals surface area (Å²) in [6.45, 7) is 2.10. The van der Waals surface area contributed by atoms with Crippen LogP contribution in [0.25, 0.3) is 22.3 Å². The molecule has 1 aliphatic rings. The standard InChI is InChI=1S/C30H29NO/c32-30-27(24-15-7-2-8-16-24)21-26(23-13-5-1-6-14-23)22-28(30)29(25-17-9-3-10-18-25)31-19-11-4-12-20-31/h1-3,5-10,13-18,21-22,29,32H,4,11-12,19-20H2. The number of rotatable bonds is 5. The molecule has 1 unspecified atom stereocenters. The summed E-state index contributed by atoms with van der Waals surface area (Å²) in [6.07, 6.45) is 3.69. The average Bonchev–Trinajstić information content (AvgIpc) is 2.87. The summed E-state index contributed by atoms with van der Waals surface area (Å²) in [5, 5.41) is 11.6. The fourth-order valence-corrected chi connectivity index (χ4v) is 4.90. The lowest BCUT2D eigenvalue weighted by atomic mass is 9.88. The van der Waals surface area contributed by atoms with Crippen molar-refractivity contribution < 1.29 is 5.11 Å². The second kappa shape index (κ2) is 9.42. The Hall–Kier alpha value is -3.36. The fourth-order valence-electron chi connectivity index (χ4n) is 4.90. The highest BCUT2D eigenvalue weighted by Crippen LogP contribution is 2.43. The minimum Gasteiger partial charge on any atom is -0.507 e. The summed E-state index contributed by atoms with van der Waals surface area (Å²) in [4.78, 5) is 2.54. The lowest BCUT2D eigenvalue weighted by molar-refractivity contribution is 0.185. The van der Waals surface area contributed by atoms with Gasteiger partial charge in [-0.1, -0.05) is 97.4 Å². The number of hydrogen-bond acceptors (Lipinski definition) is 2. The van der Waals surface area contributed by atoms with Crippen molar-refractivity contribution in [2.75, 3.05) is 13.1 Å². The Bertz CT molecular complexity index is 1150. The van der Waals surface area contributed by atoms with Crippen LogP contribution < -0.4 is 0 Å². The van der Waals surface area contributed by atoms with E-state index < -0.39 is 0 Å². The van der Waals surface area contributed by atoms with E-state index in [1.165, 1.54) is 24.8 Å². The van der Waals surface area contributed by atoms with E-state index >= 15 is 0 Å². The van der Waals surface area contributed by atoms with Crippen LogP contribution in [0.1, 0.15) is 36.4 Å². The molecule has 0 saturated carbocycles. The minimum absolute atomic E-state index is 0.0302. The van der Waals surface area contributed by atoms with Gasteiger partial charge in [0, 0.05) is 11.1 Å². The van der Waals surface area contributed by atoms with Crippen molar-refractivity contribution in [3.8, 4) is 28.0 Å². The molecule has 1 atom stereocenters. The van der Waals surface area contributed by atoms with E-state index in [0.29, 0.717) is 5.75 Å². The largest absolute Gasteiger partial charge is 0.507 e. The Labute approximate surface area is 190 Å². The zero-order valence-electron chi connectivity index (χ0n) is 18.3. The maximum absolute atomic E-state index is 11.6. The third kappa shape index (κ3) is 4.19. The van der Waals surface area contributed by atoms with Crippen LogP contribution in [0.3, 0.4) is 0 Å². The molecule has 5 rings (SSSR count). The van der Waals surface area contributed by atoms with Crippen LogP contribution in [0.4, 0.5) is 0 Å². The topological polar surface area (TPSA) is 23.5 Å². The van der Waals surface area contributed by atoms with E-state index in [4.69, 9.17) is 0 Å². The number of hydrogen-bond donors (Lipinski definition) is 1. The third-order valence-electron chi connectivity index (χ3n) is 6.50. The van der Waals surface area contributed by atoms with Gasteiger partial charge in [-0.25, -0.2) is 0 Å². The molecule has 32 heavy (non-hydrogen) atoms. The Morgan fingerprint density at radius 3 is 1.78 bits per heavy atom. The summed E-state index contributed by atoms with van der Waals surface area (Å²) in [6, 6.07) is 35.7. The minimum atomic E-state index is 0.0302. The van der Waals surface area contributed by atoms with Gasteiger partial charge in [0.25, 0.3) is 0 Å². The molecular formula is C30H29NO. The monoisotopic (exact) mass is 419 g/mol. The average molecular weight is 420 g/mol. The van der Waals surface area contributed by atoms with E-state index in [1.807, 2.05) is 24.3 Å². The Morgan fingerprint density at radius 2 is 1.16 bits per heavy atom. The number of phenolic OH excluding ortho intramolecular Hbond substituents is 1. The number of likely N-dealkylation sites (tertiary alicyclic amines) is 1. The van der Waals surface area contributed by atoms with Gasteiger partial charge >= 0.3 is 0 Å². The van der Waals surface area contributed by atoms with Crippen LogP contribution in [-0.2, 0) is 0 Å². The molecule has 1 N–H and O–H groups in total. The van der Waals surface area contributed by atoms with Gasteiger partial charge in [0.15, 0.2) is 0 Å². The number of benzene rings is 4. The van der Waals surface area contributed by atoms with Gasteiger partial charge in [-0.3, -0.25) is 4.90 Å². The lowest BCUT2D eigenvalue weighted by Gasteiger charge is -2.36. The van der Waals surface area contributed by atoms with Crippen LogP contribution >= 0.6 is 0 Å². The molecule has 4 aromatic carbocycles. The molecular weight excluding hydrogens is 390 g/mol. The SMILES string of the molecule is Oc1c(-c2ccccc2)cc(-c2ccccc2)cc1C(c1ccccc1)N1CCCCC1. The van der Waals surface area contributed by atoms with Crippen molar-refractivity contribution in [1.82, 2.24) is 4.90 Å². The van der Waals surface area contributed by atoms with Crippen molar-refractivity contribution in [2.24, 2.45) is 0 Å². The maximum Gasteiger partial charge on any atom is 0.128 e. The van der Waals surface area contributed by atoms with Crippen LogP contribution in [0, 0.1) is 0 Å². The second-order valence-corrected chi connectivity index (χ2v) is 8.60. The van der Waals surface area contributed by atoms with E-state index in [0.717, 1.165) is 40.9 Å². The Kier molecular flexibility index (Phi) is 6.04. The molecule has 0 amide bonds. The highest BCUT2D eigenvalue weighted by Gasteiger charge is 2.28. The molecule has 160 valence electrons. The van der Waals surface area contributed by atoms with Crippen molar-refractivity contribution in [2.45, 2.75) is 25.3 Å². The predicted molar refractivity (Wildman–Crippen MR) is 133 cm³/mol. The van der Waals surface area contributed by atoms with Gasteiger partial charge in [0.1, 0.15) is 5.75 Å². The molecule has 4 aromatic rings. The Morgan fingerprint density at radius 1 is 0.594 bits per heavy atom. The normalized spacial score (nSPS) is 15.4. The van der Waals surface area contributed by atoms with Crippen molar-refractivity contribution in [1.29, 1.82) is 0 Å². The van der Waals surface area contributed by atoms with E-state index in [-0.39, 0.29) is 6.04 Å². The molecule has 0 spiro atoms. The summed E-state index contributed by atoms with van der Waals surface area (Å²) >= 11 is 0. The zero-order valence-corrected chi connectivity index (χ0v) is 18.3. The van der Waals surface area contributed by atoms with Gasteiger partial charge in [-0.15, -0.1) is 0 Å². The van der Waals surface area contributed by atoms with Gasteiger partial charge in [0.2, 0.25) is 0 Å². The molecule has 2 heteroatoms. The highest BCUT2D eigenvalue weighted by atomic mass is 16.3. The summed E-state index contributed by atoms with van der Waals surface area (Å²) in [5.41, 5.74) is 6.44. The molecule has 2 nitrogen and oxygen atoms in total. The highest BCUT2D eigenvalue weighted by molar-refractivity contribution is 5.80. The van der Waals surface area contributed by atoms with Gasteiger partial charge < -0.3 is 5.11 Å². The number of piperidine rings is 1. The lowest BCUT2D eigenvalue weighted by Crippen LogP contribution is -2.34.